The Kier molecular flexibility index (Phi) is 5.31. The molecule has 122 valence electrons. The number of hydrogen-bond donors (Lipinski definition) is 1. The highest BCUT2D eigenvalue weighted by Gasteiger charge is 2.32. The fourth-order valence-corrected chi connectivity index (χ4v) is 2.57. The van der Waals surface area contributed by atoms with Crippen molar-refractivity contribution in [2.75, 3.05) is 33.3 Å². The van der Waals surface area contributed by atoms with Gasteiger partial charge in [-0.1, -0.05) is 6.08 Å². The number of alkyl halides is 3. The maximum Gasteiger partial charge on any atom is 0.573 e. The summed E-state index contributed by atoms with van der Waals surface area (Å²) in [5.74, 6) is 0.0569. The number of hydrogen-bond acceptors (Lipinski definition) is 4. The molecule has 0 aromatic heterocycles. The first-order chi connectivity index (χ1) is 10.4. The minimum atomic E-state index is -4.72. The van der Waals surface area contributed by atoms with Crippen LogP contribution in [-0.2, 0) is 0 Å². The molecule has 7 heteroatoms. The third kappa shape index (κ3) is 4.14. The van der Waals surface area contributed by atoms with Gasteiger partial charge in [-0.15, -0.1) is 19.8 Å². The van der Waals surface area contributed by atoms with Gasteiger partial charge in [0, 0.05) is 37.8 Å². The molecule has 0 saturated carbocycles. The molecule has 1 N–H and O–H groups in total. The van der Waals surface area contributed by atoms with Crippen LogP contribution < -0.4 is 14.8 Å². The summed E-state index contributed by atoms with van der Waals surface area (Å²) >= 11 is 0. The van der Waals surface area contributed by atoms with Gasteiger partial charge in [0.2, 0.25) is 0 Å². The summed E-state index contributed by atoms with van der Waals surface area (Å²) in [6, 6.07) is 4.02. The van der Waals surface area contributed by atoms with Crippen LogP contribution in [-0.4, -0.2) is 44.6 Å². The maximum absolute atomic E-state index is 12.3. The Hall–Kier alpha value is -1.73. The van der Waals surface area contributed by atoms with Gasteiger partial charge < -0.3 is 14.8 Å². The fraction of sp³-hybridized carbons (Fsp3) is 0.467. The van der Waals surface area contributed by atoms with Crippen LogP contribution in [0.2, 0.25) is 0 Å². The summed E-state index contributed by atoms with van der Waals surface area (Å²) in [5.41, 5.74) is 0.772. The van der Waals surface area contributed by atoms with Crippen molar-refractivity contribution in [1.82, 2.24) is 10.2 Å². The number of halogens is 3. The number of ether oxygens (including phenoxy) is 2. The molecule has 1 atom stereocenters. The Bertz CT molecular complexity index is 514. The quantitative estimate of drug-likeness (QED) is 0.847. The van der Waals surface area contributed by atoms with Crippen molar-refractivity contribution in [3.8, 4) is 11.5 Å². The van der Waals surface area contributed by atoms with E-state index in [2.05, 4.69) is 21.5 Å². The van der Waals surface area contributed by atoms with Crippen LogP contribution in [0, 0.1) is 0 Å². The zero-order chi connectivity index (χ0) is 16.2. The van der Waals surface area contributed by atoms with E-state index >= 15 is 0 Å². The van der Waals surface area contributed by atoms with E-state index in [1.165, 1.54) is 19.2 Å². The van der Waals surface area contributed by atoms with E-state index in [-0.39, 0.29) is 11.8 Å². The van der Waals surface area contributed by atoms with Crippen LogP contribution >= 0.6 is 0 Å². The predicted octanol–water partition coefficient (Wildman–Crippen LogP) is 2.73. The van der Waals surface area contributed by atoms with E-state index in [4.69, 9.17) is 4.74 Å². The second-order valence-corrected chi connectivity index (χ2v) is 4.92. The monoisotopic (exact) mass is 316 g/mol. The molecule has 1 aliphatic heterocycles. The van der Waals surface area contributed by atoms with Gasteiger partial charge in [-0.3, -0.25) is 4.90 Å². The van der Waals surface area contributed by atoms with E-state index in [1.807, 2.05) is 0 Å². The molecule has 1 aromatic rings. The van der Waals surface area contributed by atoms with Crippen LogP contribution in [0.3, 0.4) is 0 Å². The number of nitrogens with one attached hydrogen (secondary N) is 1. The molecule has 0 aliphatic carbocycles. The van der Waals surface area contributed by atoms with Crippen LogP contribution in [0.1, 0.15) is 11.6 Å². The molecule has 1 saturated heterocycles. The number of nitrogens with zero attached hydrogens (tertiary/aromatic N) is 1. The molecule has 1 heterocycles. The Morgan fingerprint density at radius 3 is 2.55 bits per heavy atom. The van der Waals surface area contributed by atoms with E-state index < -0.39 is 6.36 Å². The molecule has 0 unspecified atom stereocenters. The Balaban J connectivity index is 2.26. The van der Waals surface area contributed by atoms with Gasteiger partial charge in [0.15, 0.2) is 0 Å². The summed E-state index contributed by atoms with van der Waals surface area (Å²) < 4.78 is 46.1. The topological polar surface area (TPSA) is 33.7 Å². The van der Waals surface area contributed by atoms with Gasteiger partial charge in [0.05, 0.1) is 13.2 Å². The van der Waals surface area contributed by atoms with Crippen LogP contribution in [0.5, 0.6) is 11.5 Å². The molecular weight excluding hydrogens is 297 g/mol. The van der Waals surface area contributed by atoms with E-state index in [0.29, 0.717) is 5.75 Å². The highest BCUT2D eigenvalue weighted by Crippen LogP contribution is 2.35. The molecular formula is C15H19F3N2O2. The molecule has 0 amide bonds. The minimum Gasteiger partial charge on any atom is -0.496 e. The van der Waals surface area contributed by atoms with Crippen molar-refractivity contribution in [3.63, 3.8) is 0 Å². The van der Waals surface area contributed by atoms with Gasteiger partial charge in [-0.25, -0.2) is 0 Å². The first-order valence-electron chi connectivity index (χ1n) is 6.95. The smallest absolute Gasteiger partial charge is 0.496 e. The average Bonchev–Trinajstić information content (AvgIpc) is 2.48. The normalized spacial score (nSPS) is 17.8. The standard InChI is InChI=1S/C15H19F3N2O2/c1-3-13(20-8-6-19-7-9-20)12-5-4-11(10-14(12)21-2)22-15(16,17)18/h3-5,10,13,19H,1,6-9H2,2H3/t13-/m1/s1. The van der Waals surface area contributed by atoms with Gasteiger partial charge in [-0.2, -0.15) is 0 Å². The molecule has 22 heavy (non-hydrogen) atoms. The maximum atomic E-state index is 12.3. The van der Waals surface area contributed by atoms with Crippen molar-refractivity contribution in [3.05, 3.63) is 36.4 Å². The highest BCUT2D eigenvalue weighted by molar-refractivity contribution is 5.44. The SMILES string of the molecule is C=C[C@H](c1ccc(OC(F)(F)F)cc1OC)N1CCNCC1. The molecule has 4 nitrogen and oxygen atoms in total. The van der Waals surface area contributed by atoms with Crippen molar-refractivity contribution >= 4 is 0 Å². The first-order valence-corrected chi connectivity index (χ1v) is 6.95. The predicted molar refractivity (Wildman–Crippen MR) is 77.1 cm³/mol. The van der Waals surface area contributed by atoms with E-state index in [0.717, 1.165) is 31.7 Å². The molecule has 0 radical (unpaired) electrons. The summed E-state index contributed by atoms with van der Waals surface area (Å²) in [6.07, 6.45) is -2.95. The lowest BCUT2D eigenvalue weighted by atomic mass is 10.0. The summed E-state index contributed by atoms with van der Waals surface area (Å²) in [6.45, 7) is 7.23. The fourth-order valence-electron chi connectivity index (χ4n) is 2.57. The third-order valence-electron chi connectivity index (χ3n) is 3.53. The number of benzene rings is 1. The van der Waals surface area contributed by atoms with Gasteiger partial charge in [0.1, 0.15) is 11.5 Å². The number of rotatable bonds is 5. The third-order valence-corrected chi connectivity index (χ3v) is 3.53. The highest BCUT2D eigenvalue weighted by atomic mass is 19.4. The Morgan fingerprint density at radius 2 is 2.00 bits per heavy atom. The molecule has 1 aromatic carbocycles. The lowest BCUT2D eigenvalue weighted by molar-refractivity contribution is -0.274. The average molecular weight is 316 g/mol. The summed E-state index contributed by atoms with van der Waals surface area (Å²) in [5, 5.41) is 3.26. The van der Waals surface area contributed by atoms with Crippen LogP contribution in [0.4, 0.5) is 13.2 Å². The Labute approximate surface area is 127 Å². The van der Waals surface area contributed by atoms with Crippen LogP contribution in [0.15, 0.2) is 30.9 Å². The molecule has 1 aliphatic rings. The van der Waals surface area contributed by atoms with Crippen LogP contribution in [0.25, 0.3) is 0 Å². The lowest BCUT2D eigenvalue weighted by Crippen LogP contribution is -2.44. The second kappa shape index (κ2) is 7.02. The zero-order valence-corrected chi connectivity index (χ0v) is 12.3. The zero-order valence-electron chi connectivity index (χ0n) is 12.3. The number of methoxy groups -OCH3 is 1. The summed E-state index contributed by atoms with van der Waals surface area (Å²) in [4.78, 5) is 2.20. The molecule has 2 rings (SSSR count). The van der Waals surface area contributed by atoms with Gasteiger partial charge in [0.25, 0.3) is 0 Å². The first kappa shape index (κ1) is 16.6. The van der Waals surface area contributed by atoms with Crippen molar-refractivity contribution in [2.24, 2.45) is 0 Å². The second-order valence-electron chi connectivity index (χ2n) is 4.92. The molecule has 1 fully saturated rings. The van der Waals surface area contributed by atoms with E-state index in [9.17, 15) is 13.2 Å². The lowest BCUT2D eigenvalue weighted by Gasteiger charge is -2.34. The largest absolute Gasteiger partial charge is 0.573 e. The van der Waals surface area contributed by atoms with Crippen molar-refractivity contribution in [1.29, 1.82) is 0 Å². The van der Waals surface area contributed by atoms with Crippen molar-refractivity contribution < 1.29 is 22.6 Å². The summed E-state index contributed by atoms with van der Waals surface area (Å²) in [7, 11) is 1.42. The Morgan fingerprint density at radius 1 is 1.32 bits per heavy atom. The van der Waals surface area contributed by atoms with Crippen molar-refractivity contribution in [2.45, 2.75) is 12.4 Å². The number of piperazine rings is 1. The van der Waals surface area contributed by atoms with E-state index in [1.54, 1.807) is 12.1 Å². The minimum absolute atomic E-state index is 0.114. The molecule has 0 bridgehead atoms. The molecule has 0 spiro atoms. The van der Waals surface area contributed by atoms with Gasteiger partial charge in [-0.05, 0) is 12.1 Å². The van der Waals surface area contributed by atoms with Gasteiger partial charge >= 0.3 is 6.36 Å².